The number of aliphatic hydroxyl groups is 1. The van der Waals surface area contributed by atoms with E-state index in [0.717, 1.165) is 25.9 Å². The first-order chi connectivity index (χ1) is 6.58. The van der Waals surface area contributed by atoms with Gasteiger partial charge in [0.05, 0.1) is 19.3 Å². The van der Waals surface area contributed by atoms with Crippen molar-refractivity contribution in [2.24, 2.45) is 5.41 Å². The van der Waals surface area contributed by atoms with E-state index in [9.17, 15) is 5.11 Å². The molecule has 1 aliphatic heterocycles. The molecule has 1 atom stereocenters. The zero-order valence-electron chi connectivity index (χ0n) is 9.08. The van der Waals surface area contributed by atoms with Crippen LogP contribution in [0.5, 0.6) is 0 Å². The zero-order chi connectivity index (χ0) is 10.2. The molecule has 0 aromatic carbocycles. The fourth-order valence-corrected chi connectivity index (χ4v) is 2.49. The molecule has 0 unspecified atom stereocenters. The van der Waals surface area contributed by atoms with E-state index in [4.69, 9.17) is 9.47 Å². The average Bonchev–Trinajstić information content (AvgIpc) is 2.01. The van der Waals surface area contributed by atoms with Crippen LogP contribution in [0.3, 0.4) is 0 Å². The summed E-state index contributed by atoms with van der Waals surface area (Å²) in [5, 5.41) is 9.44. The Morgan fingerprint density at radius 2 is 2.07 bits per heavy atom. The lowest BCUT2D eigenvalue weighted by Crippen LogP contribution is -2.52. The predicted octanol–water partition coefficient (Wildman–Crippen LogP) is 1.69. The monoisotopic (exact) mass is 200 g/mol. The Labute approximate surface area is 85.4 Å². The van der Waals surface area contributed by atoms with Crippen molar-refractivity contribution in [1.29, 1.82) is 0 Å². The highest BCUT2D eigenvalue weighted by Crippen LogP contribution is 2.48. The molecule has 1 heterocycles. The minimum absolute atomic E-state index is 0.0427. The van der Waals surface area contributed by atoms with E-state index in [1.165, 1.54) is 6.42 Å². The molecule has 0 spiro atoms. The van der Waals surface area contributed by atoms with Crippen molar-refractivity contribution < 1.29 is 14.6 Å². The lowest BCUT2D eigenvalue weighted by molar-refractivity contribution is -0.305. The number of hydrogen-bond donors (Lipinski definition) is 1. The van der Waals surface area contributed by atoms with Crippen LogP contribution >= 0.6 is 0 Å². The van der Waals surface area contributed by atoms with E-state index in [2.05, 4.69) is 0 Å². The highest BCUT2D eigenvalue weighted by Gasteiger charge is 2.47. The molecule has 0 radical (unpaired) electrons. The average molecular weight is 200 g/mol. The summed E-state index contributed by atoms with van der Waals surface area (Å²) in [6.07, 6.45) is 4.53. The van der Waals surface area contributed by atoms with Gasteiger partial charge in [0.25, 0.3) is 0 Å². The third kappa shape index (κ3) is 1.69. The van der Waals surface area contributed by atoms with E-state index in [-0.39, 0.29) is 18.1 Å². The van der Waals surface area contributed by atoms with Gasteiger partial charge >= 0.3 is 0 Å². The summed E-state index contributed by atoms with van der Waals surface area (Å²) in [6, 6.07) is 0. The Balaban J connectivity index is 2.03. The first-order valence-corrected chi connectivity index (χ1v) is 5.51. The number of ether oxygens (including phenoxy) is 2. The van der Waals surface area contributed by atoms with Crippen molar-refractivity contribution in [3.63, 3.8) is 0 Å². The molecule has 82 valence electrons. The van der Waals surface area contributed by atoms with Crippen LogP contribution in [-0.2, 0) is 9.47 Å². The van der Waals surface area contributed by atoms with Crippen LogP contribution in [0.25, 0.3) is 0 Å². The molecule has 0 aromatic rings. The van der Waals surface area contributed by atoms with Gasteiger partial charge in [0.1, 0.15) is 0 Å². The molecule has 1 saturated heterocycles. The molecule has 2 fully saturated rings. The maximum atomic E-state index is 9.44. The van der Waals surface area contributed by atoms with E-state index in [1.807, 2.05) is 13.8 Å². The first-order valence-electron chi connectivity index (χ1n) is 5.51. The predicted molar refractivity (Wildman–Crippen MR) is 52.9 cm³/mol. The summed E-state index contributed by atoms with van der Waals surface area (Å²) in [4.78, 5) is 0. The fraction of sp³-hybridized carbons (Fsp3) is 1.00. The second-order valence-electron chi connectivity index (χ2n) is 5.02. The molecule has 0 amide bonds. The smallest absolute Gasteiger partial charge is 0.163 e. The standard InChI is InChI=1S/C11H20O3/c1-10(2)13-7-4-9(14-10)11(8-12)5-3-6-11/h9,12H,3-8H2,1-2H3/t9-/m0/s1. The van der Waals surface area contributed by atoms with Crippen LogP contribution in [0.4, 0.5) is 0 Å². The highest BCUT2D eigenvalue weighted by atomic mass is 16.7. The molecule has 1 N–H and O–H groups in total. The molecule has 1 saturated carbocycles. The summed E-state index contributed by atoms with van der Waals surface area (Å²) in [7, 11) is 0. The van der Waals surface area contributed by atoms with Gasteiger partial charge < -0.3 is 14.6 Å². The molecule has 3 nitrogen and oxygen atoms in total. The van der Waals surface area contributed by atoms with Crippen molar-refractivity contribution in [3.05, 3.63) is 0 Å². The van der Waals surface area contributed by atoms with Crippen molar-refractivity contribution in [3.8, 4) is 0 Å². The van der Waals surface area contributed by atoms with Gasteiger partial charge in [-0.1, -0.05) is 6.42 Å². The van der Waals surface area contributed by atoms with E-state index >= 15 is 0 Å². The largest absolute Gasteiger partial charge is 0.396 e. The van der Waals surface area contributed by atoms with E-state index < -0.39 is 5.79 Å². The Hall–Kier alpha value is -0.120. The van der Waals surface area contributed by atoms with Crippen LogP contribution in [0.15, 0.2) is 0 Å². The lowest BCUT2D eigenvalue weighted by Gasteiger charge is -2.50. The molecule has 2 rings (SSSR count). The van der Waals surface area contributed by atoms with Gasteiger partial charge in [-0.05, 0) is 33.1 Å². The summed E-state index contributed by atoms with van der Waals surface area (Å²) < 4.78 is 11.4. The van der Waals surface area contributed by atoms with Gasteiger partial charge in [-0.3, -0.25) is 0 Å². The Kier molecular flexibility index (Phi) is 2.58. The van der Waals surface area contributed by atoms with Crippen molar-refractivity contribution in [1.82, 2.24) is 0 Å². The molecule has 2 aliphatic rings. The molecule has 0 bridgehead atoms. The minimum atomic E-state index is -0.472. The van der Waals surface area contributed by atoms with Crippen LogP contribution in [0.2, 0.25) is 0 Å². The van der Waals surface area contributed by atoms with Crippen molar-refractivity contribution in [2.75, 3.05) is 13.2 Å². The van der Waals surface area contributed by atoms with Crippen LogP contribution in [0, 0.1) is 5.41 Å². The SMILES string of the molecule is CC1(C)OCC[C@@H](C2(CO)CCC2)O1. The van der Waals surface area contributed by atoms with E-state index in [0.29, 0.717) is 0 Å². The van der Waals surface area contributed by atoms with Gasteiger partial charge in [0, 0.05) is 5.41 Å². The van der Waals surface area contributed by atoms with Crippen molar-refractivity contribution in [2.45, 2.75) is 51.4 Å². The van der Waals surface area contributed by atoms with Crippen LogP contribution in [0.1, 0.15) is 39.5 Å². The number of rotatable bonds is 2. The second kappa shape index (κ2) is 3.47. The third-order valence-corrected chi connectivity index (χ3v) is 3.60. The summed E-state index contributed by atoms with van der Waals surface area (Å²) in [6.45, 7) is 4.90. The lowest BCUT2D eigenvalue weighted by atomic mass is 9.64. The van der Waals surface area contributed by atoms with E-state index in [1.54, 1.807) is 0 Å². The summed E-state index contributed by atoms with van der Waals surface area (Å²) in [5.74, 6) is -0.472. The molecular weight excluding hydrogens is 180 g/mol. The normalized spacial score (nSPS) is 34.9. The van der Waals surface area contributed by atoms with Crippen LogP contribution < -0.4 is 0 Å². The number of hydrogen-bond acceptors (Lipinski definition) is 3. The fourth-order valence-electron chi connectivity index (χ4n) is 2.49. The third-order valence-electron chi connectivity index (χ3n) is 3.60. The summed E-state index contributed by atoms with van der Waals surface area (Å²) in [5.41, 5.74) is 0.0427. The topological polar surface area (TPSA) is 38.7 Å². The molecule has 1 aliphatic carbocycles. The van der Waals surface area contributed by atoms with Gasteiger partial charge in [0.15, 0.2) is 5.79 Å². The Morgan fingerprint density at radius 3 is 2.50 bits per heavy atom. The minimum Gasteiger partial charge on any atom is -0.396 e. The van der Waals surface area contributed by atoms with Gasteiger partial charge in [-0.2, -0.15) is 0 Å². The molecule has 14 heavy (non-hydrogen) atoms. The van der Waals surface area contributed by atoms with Crippen molar-refractivity contribution >= 4 is 0 Å². The molecule has 0 aromatic heterocycles. The maximum absolute atomic E-state index is 9.44. The van der Waals surface area contributed by atoms with Gasteiger partial charge in [0.2, 0.25) is 0 Å². The molecular formula is C11H20O3. The maximum Gasteiger partial charge on any atom is 0.163 e. The highest BCUT2D eigenvalue weighted by molar-refractivity contribution is 4.95. The first kappa shape index (κ1) is 10.4. The summed E-state index contributed by atoms with van der Waals surface area (Å²) >= 11 is 0. The van der Waals surface area contributed by atoms with Gasteiger partial charge in [-0.25, -0.2) is 0 Å². The Morgan fingerprint density at radius 1 is 1.36 bits per heavy atom. The Bertz CT molecular complexity index is 203. The van der Waals surface area contributed by atoms with Crippen LogP contribution in [-0.4, -0.2) is 30.2 Å². The molecule has 3 heteroatoms. The zero-order valence-corrected chi connectivity index (χ0v) is 9.08. The van der Waals surface area contributed by atoms with Gasteiger partial charge in [-0.15, -0.1) is 0 Å². The quantitative estimate of drug-likeness (QED) is 0.737. The number of aliphatic hydroxyl groups excluding tert-OH is 1. The second-order valence-corrected chi connectivity index (χ2v) is 5.02.